The van der Waals surface area contributed by atoms with Crippen LogP contribution in [0.1, 0.15) is 42.8 Å². The van der Waals surface area contributed by atoms with Crippen LogP contribution in [0.2, 0.25) is 0 Å². The van der Waals surface area contributed by atoms with Crippen LogP contribution in [-0.4, -0.2) is 33.5 Å². The number of imidazole rings is 1. The van der Waals surface area contributed by atoms with Crippen molar-refractivity contribution >= 4 is 16.9 Å². The number of rotatable bonds is 5. The van der Waals surface area contributed by atoms with Gasteiger partial charge >= 0.3 is 0 Å². The first kappa shape index (κ1) is 18.5. The summed E-state index contributed by atoms with van der Waals surface area (Å²) in [6.45, 7) is 7.87. The summed E-state index contributed by atoms with van der Waals surface area (Å²) in [6, 6.07) is 14.5. The summed E-state index contributed by atoms with van der Waals surface area (Å²) in [4.78, 5) is 18.9. The number of carbonyl (C=O) groups excluding carboxylic acids is 1. The predicted molar refractivity (Wildman–Crippen MR) is 111 cm³/mol. The van der Waals surface area contributed by atoms with Gasteiger partial charge < -0.3 is 14.2 Å². The maximum absolute atomic E-state index is 12.1. The highest BCUT2D eigenvalue weighted by molar-refractivity contribution is 5.77. The molecule has 28 heavy (non-hydrogen) atoms. The number of aromatic nitrogens is 2. The first-order valence-electron chi connectivity index (χ1n) is 9.97. The monoisotopic (exact) mass is 377 g/mol. The molecule has 1 atom stereocenters. The Balaban J connectivity index is 1.61. The number of aryl methyl sites for hydroxylation is 2. The Morgan fingerprint density at radius 2 is 2.04 bits per heavy atom. The third-order valence-electron chi connectivity index (χ3n) is 5.54. The lowest BCUT2D eigenvalue weighted by Crippen LogP contribution is -2.30. The molecule has 0 radical (unpaired) electrons. The van der Waals surface area contributed by atoms with Crippen molar-refractivity contribution in [3.05, 3.63) is 59.4 Å². The third-order valence-corrected chi connectivity index (χ3v) is 5.54. The van der Waals surface area contributed by atoms with Gasteiger partial charge in [-0.15, -0.1) is 0 Å². The smallest absolute Gasteiger partial charge is 0.220 e. The second-order valence-electron chi connectivity index (χ2n) is 7.60. The van der Waals surface area contributed by atoms with Crippen molar-refractivity contribution in [1.82, 2.24) is 14.5 Å². The van der Waals surface area contributed by atoms with Crippen LogP contribution < -0.4 is 4.74 Å². The maximum Gasteiger partial charge on any atom is 0.220 e. The molecule has 0 N–H and O–H groups in total. The van der Waals surface area contributed by atoms with Gasteiger partial charge in [0.2, 0.25) is 5.91 Å². The fourth-order valence-corrected chi connectivity index (χ4v) is 4.20. The number of hydrogen-bond acceptors (Lipinski definition) is 3. The molecule has 2 heterocycles. The number of carbonyl (C=O) groups is 1. The molecule has 1 aliphatic heterocycles. The van der Waals surface area contributed by atoms with Gasteiger partial charge in [-0.1, -0.05) is 29.8 Å². The molecule has 1 saturated heterocycles. The first-order chi connectivity index (χ1) is 13.5. The molecule has 0 bridgehead atoms. The van der Waals surface area contributed by atoms with Crippen LogP contribution >= 0.6 is 0 Å². The number of para-hydroxylation sites is 2. The number of ether oxygens (including phenoxy) is 1. The minimum absolute atomic E-state index is 0.0472. The topological polar surface area (TPSA) is 47.4 Å². The zero-order valence-corrected chi connectivity index (χ0v) is 16.8. The Bertz CT molecular complexity index is 1010. The normalized spacial score (nSPS) is 16.7. The molecular weight excluding hydrogens is 350 g/mol. The van der Waals surface area contributed by atoms with E-state index in [0.717, 1.165) is 47.6 Å². The van der Waals surface area contributed by atoms with Gasteiger partial charge in [0.1, 0.15) is 18.2 Å². The van der Waals surface area contributed by atoms with E-state index in [1.54, 1.807) is 6.92 Å². The number of nitrogens with zero attached hydrogens (tertiary/aromatic N) is 3. The zero-order chi connectivity index (χ0) is 19.7. The summed E-state index contributed by atoms with van der Waals surface area (Å²) in [7, 11) is 0. The largest absolute Gasteiger partial charge is 0.491 e. The number of likely N-dealkylation sites (tertiary alicyclic amines) is 1. The summed E-state index contributed by atoms with van der Waals surface area (Å²) in [6.07, 6.45) is 1.98. The SMILES string of the molecule is CC(=O)N1CCC[C@@H]1c1nc2ccccc2n1CCOc1ccc(C)cc1C. The fraction of sp³-hybridized carbons (Fsp3) is 0.391. The van der Waals surface area contributed by atoms with Crippen molar-refractivity contribution in [3.63, 3.8) is 0 Å². The number of fused-ring (bicyclic) bond motifs is 1. The van der Waals surface area contributed by atoms with Gasteiger partial charge in [-0.3, -0.25) is 4.79 Å². The van der Waals surface area contributed by atoms with E-state index >= 15 is 0 Å². The van der Waals surface area contributed by atoms with Crippen molar-refractivity contribution in [1.29, 1.82) is 0 Å². The molecule has 1 fully saturated rings. The summed E-state index contributed by atoms with van der Waals surface area (Å²) >= 11 is 0. The number of amides is 1. The molecule has 0 aliphatic carbocycles. The molecule has 1 aliphatic rings. The summed E-state index contributed by atoms with van der Waals surface area (Å²) in [5.74, 6) is 2.01. The Hall–Kier alpha value is -2.82. The minimum Gasteiger partial charge on any atom is -0.491 e. The van der Waals surface area contributed by atoms with Gasteiger partial charge in [-0.2, -0.15) is 0 Å². The van der Waals surface area contributed by atoms with Crippen LogP contribution in [0.4, 0.5) is 0 Å². The van der Waals surface area contributed by atoms with Crippen molar-refractivity contribution in [2.75, 3.05) is 13.2 Å². The second-order valence-corrected chi connectivity index (χ2v) is 7.60. The molecule has 5 nitrogen and oxygen atoms in total. The van der Waals surface area contributed by atoms with Gasteiger partial charge in [0.05, 0.1) is 23.6 Å². The van der Waals surface area contributed by atoms with Crippen LogP contribution in [0.3, 0.4) is 0 Å². The molecule has 1 amide bonds. The van der Waals surface area contributed by atoms with E-state index in [9.17, 15) is 4.79 Å². The van der Waals surface area contributed by atoms with Crippen LogP contribution in [0, 0.1) is 13.8 Å². The van der Waals surface area contributed by atoms with Crippen LogP contribution in [-0.2, 0) is 11.3 Å². The molecular formula is C23H27N3O2. The standard InChI is InChI=1S/C23H27N3O2/c1-16-10-11-22(17(2)15-16)28-14-13-26-20-8-5-4-7-19(20)24-23(26)21-9-6-12-25(21)18(3)27/h4-5,7-8,10-11,15,21H,6,9,12-14H2,1-3H3/t21-/m1/s1. The molecule has 0 saturated carbocycles. The van der Waals surface area contributed by atoms with Crippen molar-refractivity contribution in [2.45, 2.75) is 46.2 Å². The van der Waals surface area contributed by atoms with E-state index in [-0.39, 0.29) is 11.9 Å². The van der Waals surface area contributed by atoms with Crippen LogP contribution in [0.15, 0.2) is 42.5 Å². The van der Waals surface area contributed by atoms with E-state index in [1.165, 1.54) is 5.56 Å². The highest BCUT2D eigenvalue weighted by Gasteiger charge is 2.32. The lowest BCUT2D eigenvalue weighted by molar-refractivity contribution is -0.129. The van der Waals surface area contributed by atoms with Gasteiger partial charge in [-0.05, 0) is 50.5 Å². The van der Waals surface area contributed by atoms with Gasteiger partial charge in [0.15, 0.2) is 0 Å². The van der Waals surface area contributed by atoms with Gasteiger partial charge in [0.25, 0.3) is 0 Å². The van der Waals surface area contributed by atoms with Gasteiger partial charge in [0, 0.05) is 13.5 Å². The van der Waals surface area contributed by atoms with Crippen molar-refractivity contribution in [3.8, 4) is 5.75 Å². The maximum atomic E-state index is 12.1. The Labute approximate surface area is 165 Å². The number of hydrogen-bond donors (Lipinski definition) is 0. The Morgan fingerprint density at radius 3 is 2.82 bits per heavy atom. The highest BCUT2D eigenvalue weighted by atomic mass is 16.5. The fourth-order valence-electron chi connectivity index (χ4n) is 4.20. The average Bonchev–Trinajstić information content (AvgIpc) is 3.28. The quantitative estimate of drug-likeness (QED) is 0.661. The van der Waals surface area contributed by atoms with Crippen LogP contribution in [0.25, 0.3) is 11.0 Å². The summed E-state index contributed by atoms with van der Waals surface area (Å²) < 4.78 is 8.30. The van der Waals surface area contributed by atoms with Crippen LogP contribution in [0.5, 0.6) is 5.75 Å². The third kappa shape index (κ3) is 3.49. The Kier molecular flexibility index (Phi) is 5.07. The molecule has 0 spiro atoms. The van der Waals surface area contributed by atoms with Crippen molar-refractivity contribution in [2.24, 2.45) is 0 Å². The van der Waals surface area contributed by atoms with E-state index in [1.807, 2.05) is 29.2 Å². The predicted octanol–water partition coefficient (Wildman–Crippen LogP) is 4.42. The Morgan fingerprint density at radius 1 is 1.21 bits per heavy atom. The lowest BCUT2D eigenvalue weighted by atomic mass is 10.1. The van der Waals surface area contributed by atoms with E-state index in [0.29, 0.717) is 13.2 Å². The lowest BCUT2D eigenvalue weighted by Gasteiger charge is -2.24. The molecule has 2 aromatic carbocycles. The minimum atomic E-state index is 0.0472. The highest BCUT2D eigenvalue weighted by Crippen LogP contribution is 2.33. The second kappa shape index (κ2) is 7.66. The van der Waals surface area contributed by atoms with Crippen molar-refractivity contribution < 1.29 is 9.53 Å². The first-order valence-corrected chi connectivity index (χ1v) is 9.97. The molecule has 4 rings (SSSR count). The zero-order valence-electron chi connectivity index (χ0n) is 16.8. The van der Waals surface area contributed by atoms with E-state index < -0.39 is 0 Å². The summed E-state index contributed by atoms with van der Waals surface area (Å²) in [5.41, 5.74) is 4.45. The molecule has 146 valence electrons. The van der Waals surface area contributed by atoms with E-state index in [4.69, 9.17) is 9.72 Å². The summed E-state index contributed by atoms with van der Waals surface area (Å²) in [5, 5.41) is 0. The molecule has 0 unspecified atom stereocenters. The van der Waals surface area contributed by atoms with E-state index in [2.05, 4.69) is 36.6 Å². The molecule has 3 aromatic rings. The molecule has 1 aromatic heterocycles. The molecule has 5 heteroatoms. The van der Waals surface area contributed by atoms with Gasteiger partial charge in [-0.25, -0.2) is 4.98 Å². The number of benzene rings is 2. The average molecular weight is 377 g/mol.